The Hall–Kier alpha value is -3.09. The molecular formula is C24H29FN4O2. The maximum atomic E-state index is 14.4. The minimum Gasteiger partial charge on any atom is -0.444 e. The van der Waals surface area contributed by atoms with Crippen molar-refractivity contribution in [2.75, 3.05) is 24.5 Å². The summed E-state index contributed by atoms with van der Waals surface area (Å²) in [4.78, 5) is 21.3. The molecule has 6 nitrogen and oxygen atoms in total. The van der Waals surface area contributed by atoms with E-state index in [1.165, 1.54) is 6.07 Å². The fourth-order valence-electron chi connectivity index (χ4n) is 3.98. The van der Waals surface area contributed by atoms with Gasteiger partial charge in [0.25, 0.3) is 0 Å². The summed E-state index contributed by atoms with van der Waals surface area (Å²) in [6.45, 7) is 9.78. The van der Waals surface area contributed by atoms with Crippen molar-refractivity contribution in [3.05, 3.63) is 59.9 Å². The fourth-order valence-corrected chi connectivity index (χ4v) is 3.98. The number of amides is 1. The summed E-state index contributed by atoms with van der Waals surface area (Å²) in [5.74, 6) is 0.565. The molecule has 1 amide bonds. The molecule has 0 aliphatic carbocycles. The second-order valence-corrected chi connectivity index (χ2v) is 9.05. The van der Waals surface area contributed by atoms with Gasteiger partial charge in [-0.3, -0.25) is 0 Å². The summed E-state index contributed by atoms with van der Waals surface area (Å²) in [6.07, 6.45) is -0.293. The van der Waals surface area contributed by atoms with E-state index < -0.39 is 5.60 Å². The molecule has 0 bridgehead atoms. The van der Waals surface area contributed by atoms with Gasteiger partial charge in [0, 0.05) is 31.2 Å². The Morgan fingerprint density at radius 1 is 1.13 bits per heavy atom. The summed E-state index contributed by atoms with van der Waals surface area (Å²) in [7, 11) is 0. The lowest BCUT2D eigenvalue weighted by atomic mass is 10.2. The van der Waals surface area contributed by atoms with E-state index >= 15 is 0 Å². The fraction of sp³-hybridized carbons (Fsp3) is 0.417. The molecule has 0 spiro atoms. The van der Waals surface area contributed by atoms with Gasteiger partial charge in [0.1, 0.15) is 11.4 Å². The van der Waals surface area contributed by atoms with Crippen molar-refractivity contribution in [1.29, 1.82) is 0 Å². The van der Waals surface area contributed by atoms with Crippen LogP contribution in [0.25, 0.3) is 11.0 Å². The van der Waals surface area contributed by atoms with Crippen molar-refractivity contribution in [2.45, 2.75) is 45.9 Å². The number of hydrogen-bond donors (Lipinski definition) is 0. The normalized spacial score (nSPS) is 17.3. The Kier molecular flexibility index (Phi) is 5.60. The summed E-state index contributed by atoms with van der Waals surface area (Å²) >= 11 is 0. The van der Waals surface area contributed by atoms with Gasteiger partial charge in [-0.15, -0.1) is 0 Å². The Balaban J connectivity index is 1.63. The van der Waals surface area contributed by atoms with Gasteiger partial charge in [-0.05, 0) is 45.9 Å². The number of anilines is 1. The number of aromatic nitrogens is 2. The second-order valence-electron chi connectivity index (χ2n) is 9.05. The number of piperazine rings is 1. The van der Waals surface area contributed by atoms with E-state index in [2.05, 4.69) is 16.4 Å². The van der Waals surface area contributed by atoms with Crippen LogP contribution in [0.1, 0.15) is 33.3 Å². The largest absolute Gasteiger partial charge is 0.444 e. The van der Waals surface area contributed by atoms with Crippen LogP contribution in [0.3, 0.4) is 0 Å². The molecule has 1 fully saturated rings. The number of benzene rings is 2. The van der Waals surface area contributed by atoms with Crippen LogP contribution in [0.4, 0.5) is 15.1 Å². The number of fused-ring (bicyclic) bond motifs is 1. The number of carbonyl (C=O) groups excluding carboxylic acids is 1. The van der Waals surface area contributed by atoms with Crippen molar-refractivity contribution in [3.8, 4) is 0 Å². The van der Waals surface area contributed by atoms with Crippen molar-refractivity contribution >= 4 is 23.1 Å². The number of para-hydroxylation sites is 2. The lowest BCUT2D eigenvalue weighted by Crippen LogP contribution is -2.55. The molecule has 1 aliphatic heterocycles. The van der Waals surface area contributed by atoms with E-state index in [0.29, 0.717) is 31.7 Å². The van der Waals surface area contributed by atoms with Gasteiger partial charge >= 0.3 is 6.09 Å². The van der Waals surface area contributed by atoms with Crippen LogP contribution in [-0.4, -0.2) is 51.8 Å². The van der Waals surface area contributed by atoms with Gasteiger partial charge in [-0.1, -0.05) is 30.3 Å². The molecule has 31 heavy (non-hydrogen) atoms. The van der Waals surface area contributed by atoms with E-state index in [4.69, 9.17) is 9.72 Å². The van der Waals surface area contributed by atoms with Crippen LogP contribution in [0, 0.1) is 5.82 Å². The maximum Gasteiger partial charge on any atom is 0.410 e. The first-order chi connectivity index (χ1) is 14.7. The molecular weight excluding hydrogens is 395 g/mol. The first kappa shape index (κ1) is 21.2. The predicted octanol–water partition coefficient (Wildman–Crippen LogP) is 4.67. The molecule has 1 unspecified atom stereocenters. The van der Waals surface area contributed by atoms with Crippen LogP contribution in [0.2, 0.25) is 0 Å². The minimum atomic E-state index is -0.523. The molecule has 0 saturated carbocycles. The number of imidazole rings is 1. The number of rotatable bonds is 3. The van der Waals surface area contributed by atoms with Gasteiger partial charge in [-0.2, -0.15) is 0 Å². The molecule has 1 aromatic heterocycles. The molecule has 1 aliphatic rings. The first-order valence-electron chi connectivity index (χ1n) is 10.7. The molecule has 0 N–H and O–H groups in total. The van der Waals surface area contributed by atoms with Gasteiger partial charge in [-0.25, -0.2) is 14.2 Å². The maximum absolute atomic E-state index is 14.4. The van der Waals surface area contributed by atoms with E-state index in [-0.39, 0.29) is 18.0 Å². The van der Waals surface area contributed by atoms with Crippen LogP contribution < -0.4 is 4.90 Å². The highest BCUT2D eigenvalue weighted by molar-refractivity contribution is 5.79. The van der Waals surface area contributed by atoms with Crippen LogP contribution >= 0.6 is 0 Å². The average molecular weight is 425 g/mol. The number of hydrogen-bond acceptors (Lipinski definition) is 4. The molecule has 7 heteroatoms. The Morgan fingerprint density at radius 2 is 1.84 bits per heavy atom. The lowest BCUT2D eigenvalue weighted by molar-refractivity contribution is 0.0218. The van der Waals surface area contributed by atoms with E-state index in [1.54, 1.807) is 17.0 Å². The van der Waals surface area contributed by atoms with E-state index in [9.17, 15) is 9.18 Å². The summed E-state index contributed by atoms with van der Waals surface area (Å²) < 4.78 is 22.0. The molecule has 2 heterocycles. The van der Waals surface area contributed by atoms with Crippen molar-refractivity contribution in [2.24, 2.45) is 0 Å². The number of ether oxygens (including phenoxy) is 1. The quantitative estimate of drug-likeness (QED) is 0.613. The minimum absolute atomic E-state index is 0.0393. The molecule has 1 saturated heterocycles. The SMILES string of the molecule is CC1CN(C(=O)OC(C)(C)C)CCN1c1nc2ccccc2n1Cc1ccccc1F. The Bertz CT molecular complexity index is 1090. The highest BCUT2D eigenvalue weighted by atomic mass is 19.1. The third-order valence-corrected chi connectivity index (χ3v) is 5.46. The first-order valence-corrected chi connectivity index (χ1v) is 10.7. The second kappa shape index (κ2) is 8.21. The molecule has 164 valence electrons. The summed E-state index contributed by atoms with van der Waals surface area (Å²) in [5.41, 5.74) is 1.93. The van der Waals surface area contributed by atoms with E-state index in [0.717, 1.165) is 17.0 Å². The number of carbonyl (C=O) groups is 1. The smallest absolute Gasteiger partial charge is 0.410 e. The molecule has 4 rings (SSSR count). The third kappa shape index (κ3) is 4.50. The highest BCUT2D eigenvalue weighted by Gasteiger charge is 2.32. The molecule has 1 atom stereocenters. The van der Waals surface area contributed by atoms with Crippen LogP contribution in [-0.2, 0) is 11.3 Å². The topological polar surface area (TPSA) is 50.6 Å². The van der Waals surface area contributed by atoms with Crippen molar-refractivity contribution in [3.63, 3.8) is 0 Å². The zero-order valence-corrected chi connectivity index (χ0v) is 18.5. The van der Waals surface area contributed by atoms with Gasteiger partial charge in [0.2, 0.25) is 5.95 Å². The zero-order valence-electron chi connectivity index (χ0n) is 18.5. The molecule has 0 radical (unpaired) electrons. The molecule has 2 aromatic carbocycles. The summed E-state index contributed by atoms with van der Waals surface area (Å²) in [6, 6.07) is 14.8. The standard InChI is InChI=1S/C24H29FN4O2/c1-17-15-27(23(30)31-24(2,3)4)13-14-28(17)22-26-20-11-7-8-12-21(20)29(22)16-18-9-5-6-10-19(18)25/h5-12,17H,13-16H2,1-4H3. The van der Waals surface area contributed by atoms with Crippen molar-refractivity contribution in [1.82, 2.24) is 14.5 Å². The number of halogens is 1. The number of nitrogens with zero attached hydrogens (tertiary/aromatic N) is 4. The van der Waals surface area contributed by atoms with E-state index in [1.807, 2.05) is 51.1 Å². The monoisotopic (exact) mass is 424 g/mol. The Morgan fingerprint density at radius 3 is 2.55 bits per heavy atom. The molecule has 3 aromatic rings. The zero-order chi connectivity index (χ0) is 22.2. The Labute approximate surface area is 182 Å². The van der Waals surface area contributed by atoms with Crippen LogP contribution in [0.15, 0.2) is 48.5 Å². The van der Waals surface area contributed by atoms with Gasteiger partial charge in [0.15, 0.2) is 0 Å². The average Bonchev–Trinajstić information content (AvgIpc) is 3.06. The van der Waals surface area contributed by atoms with Crippen molar-refractivity contribution < 1.29 is 13.9 Å². The third-order valence-electron chi connectivity index (χ3n) is 5.46. The predicted molar refractivity (Wildman–Crippen MR) is 120 cm³/mol. The van der Waals surface area contributed by atoms with Gasteiger partial charge in [0.05, 0.1) is 17.6 Å². The van der Waals surface area contributed by atoms with Crippen LogP contribution in [0.5, 0.6) is 0 Å². The highest BCUT2D eigenvalue weighted by Crippen LogP contribution is 2.28. The van der Waals surface area contributed by atoms with Gasteiger partial charge < -0.3 is 19.1 Å². The lowest BCUT2D eigenvalue weighted by Gasteiger charge is -2.40. The summed E-state index contributed by atoms with van der Waals surface area (Å²) in [5, 5.41) is 0.